The number of methoxy groups -OCH3 is 1. The lowest BCUT2D eigenvalue weighted by molar-refractivity contribution is 0.161. The van der Waals surface area contributed by atoms with E-state index in [9.17, 15) is 4.39 Å². The van der Waals surface area contributed by atoms with Crippen LogP contribution in [0.2, 0.25) is 0 Å². The Balaban J connectivity index is 1.92. The molecule has 0 amide bonds. The molecule has 1 unspecified atom stereocenters. The van der Waals surface area contributed by atoms with Gasteiger partial charge in [0.25, 0.3) is 0 Å². The maximum atomic E-state index is 13.7. The molecule has 0 saturated carbocycles. The Morgan fingerprint density at radius 1 is 1.24 bits per heavy atom. The third-order valence-corrected chi connectivity index (χ3v) is 3.92. The maximum absolute atomic E-state index is 13.7. The number of benzene rings is 2. The monoisotopic (exact) mass is 287 g/mol. The van der Waals surface area contributed by atoms with Crippen LogP contribution in [0, 0.1) is 12.7 Å². The summed E-state index contributed by atoms with van der Waals surface area (Å²) in [6, 6.07) is 10.6. The minimum absolute atomic E-state index is 0.154. The van der Waals surface area contributed by atoms with Gasteiger partial charge in [-0.15, -0.1) is 0 Å². The lowest BCUT2D eigenvalue weighted by atomic mass is 9.93. The van der Waals surface area contributed by atoms with Crippen LogP contribution in [0.5, 0.6) is 11.5 Å². The molecule has 2 atom stereocenters. The molecular weight excluding hydrogens is 269 g/mol. The SMILES string of the molecule is COc1ccc2c(c1)[C@@H](N)CC(c1ccc(C)c(F)c1)O2. The summed E-state index contributed by atoms with van der Waals surface area (Å²) >= 11 is 0. The van der Waals surface area contributed by atoms with E-state index >= 15 is 0 Å². The molecule has 1 heterocycles. The van der Waals surface area contributed by atoms with E-state index in [1.807, 2.05) is 24.3 Å². The summed E-state index contributed by atoms with van der Waals surface area (Å²) < 4.78 is 24.9. The Morgan fingerprint density at radius 2 is 2.05 bits per heavy atom. The van der Waals surface area contributed by atoms with Gasteiger partial charge in [-0.05, 0) is 42.3 Å². The molecule has 0 aromatic heterocycles. The summed E-state index contributed by atoms with van der Waals surface area (Å²) in [6.45, 7) is 1.74. The number of hydrogen-bond acceptors (Lipinski definition) is 3. The highest BCUT2D eigenvalue weighted by Gasteiger charge is 2.27. The second-order valence-corrected chi connectivity index (χ2v) is 5.36. The molecule has 3 rings (SSSR count). The van der Waals surface area contributed by atoms with Crippen molar-refractivity contribution in [2.45, 2.75) is 25.5 Å². The van der Waals surface area contributed by atoms with Gasteiger partial charge in [-0.2, -0.15) is 0 Å². The fourth-order valence-corrected chi connectivity index (χ4v) is 2.62. The number of aryl methyl sites for hydroxylation is 1. The standard InChI is InChI=1S/C17H18FNO2/c1-10-3-4-11(7-14(10)18)17-9-15(19)13-8-12(20-2)5-6-16(13)21-17/h3-8,15,17H,9,19H2,1-2H3/t15-,17?/m0/s1. The van der Waals surface area contributed by atoms with Gasteiger partial charge in [0.1, 0.15) is 23.4 Å². The molecule has 2 N–H and O–H groups in total. The number of hydrogen-bond donors (Lipinski definition) is 1. The van der Waals surface area contributed by atoms with Gasteiger partial charge in [-0.25, -0.2) is 4.39 Å². The topological polar surface area (TPSA) is 44.5 Å². The van der Waals surface area contributed by atoms with E-state index in [0.717, 1.165) is 22.6 Å². The second-order valence-electron chi connectivity index (χ2n) is 5.36. The van der Waals surface area contributed by atoms with Crippen molar-refractivity contribution in [3.8, 4) is 11.5 Å². The first-order valence-corrected chi connectivity index (χ1v) is 6.94. The molecule has 3 nitrogen and oxygen atoms in total. The van der Waals surface area contributed by atoms with Crippen molar-refractivity contribution in [2.24, 2.45) is 5.73 Å². The number of fused-ring (bicyclic) bond motifs is 1. The Hall–Kier alpha value is -2.07. The zero-order valence-corrected chi connectivity index (χ0v) is 12.1. The molecule has 2 aromatic rings. The van der Waals surface area contributed by atoms with Crippen LogP contribution in [-0.4, -0.2) is 7.11 Å². The zero-order chi connectivity index (χ0) is 15.0. The van der Waals surface area contributed by atoms with Crippen LogP contribution >= 0.6 is 0 Å². The van der Waals surface area contributed by atoms with E-state index in [4.69, 9.17) is 15.2 Å². The largest absolute Gasteiger partial charge is 0.497 e. The number of ether oxygens (including phenoxy) is 2. The average molecular weight is 287 g/mol. The molecular formula is C17H18FNO2. The highest BCUT2D eigenvalue weighted by Crippen LogP contribution is 2.41. The van der Waals surface area contributed by atoms with E-state index in [1.165, 1.54) is 6.07 Å². The van der Waals surface area contributed by atoms with Crippen molar-refractivity contribution in [3.63, 3.8) is 0 Å². The Morgan fingerprint density at radius 3 is 2.76 bits per heavy atom. The van der Waals surface area contributed by atoms with Gasteiger partial charge in [-0.3, -0.25) is 0 Å². The molecule has 0 aliphatic carbocycles. The predicted molar refractivity (Wildman–Crippen MR) is 79.0 cm³/mol. The smallest absolute Gasteiger partial charge is 0.126 e. The van der Waals surface area contributed by atoms with Crippen LogP contribution in [0.1, 0.15) is 35.3 Å². The first-order chi connectivity index (χ1) is 10.1. The highest BCUT2D eigenvalue weighted by atomic mass is 19.1. The summed E-state index contributed by atoms with van der Waals surface area (Å²) in [7, 11) is 1.62. The number of halogens is 1. The van der Waals surface area contributed by atoms with E-state index in [0.29, 0.717) is 12.0 Å². The fourth-order valence-electron chi connectivity index (χ4n) is 2.62. The highest BCUT2D eigenvalue weighted by molar-refractivity contribution is 5.44. The average Bonchev–Trinajstić information content (AvgIpc) is 2.49. The molecule has 0 bridgehead atoms. The van der Waals surface area contributed by atoms with Gasteiger partial charge in [0.15, 0.2) is 0 Å². The second kappa shape index (κ2) is 5.37. The van der Waals surface area contributed by atoms with Crippen molar-refractivity contribution in [2.75, 3.05) is 7.11 Å². The van der Waals surface area contributed by atoms with E-state index in [2.05, 4.69) is 0 Å². The molecule has 0 radical (unpaired) electrons. The Labute approximate surface area is 123 Å². The minimum Gasteiger partial charge on any atom is -0.497 e. The van der Waals surface area contributed by atoms with Crippen LogP contribution < -0.4 is 15.2 Å². The van der Waals surface area contributed by atoms with Crippen LogP contribution in [0.4, 0.5) is 4.39 Å². The maximum Gasteiger partial charge on any atom is 0.126 e. The minimum atomic E-state index is -0.226. The zero-order valence-electron chi connectivity index (χ0n) is 12.1. The van der Waals surface area contributed by atoms with Crippen LogP contribution in [0.3, 0.4) is 0 Å². The van der Waals surface area contributed by atoms with Gasteiger partial charge >= 0.3 is 0 Å². The van der Waals surface area contributed by atoms with Gasteiger partial charge < -0.3 is 15.2 Å². The van der Waals surface area contributed by atoms with Crippen LogP contribution in [0.15, 0.2) is 36.4 Å². The van der Waals surface area contributed by atoms with Crippen molar-refractivity contribution in [3.05, 3.63) is 58.9 Å². The van der Waals surface area contributed by atoms with Crippen LogP contribution in [0.25, 0.3) is 0 Å². The van der Waals surface area contributed by atoms with Crippen molar-refractivity contribution < 1.29 is 13.9 Å². The molecule has 0 spiro atoms. The van der Waals surface area contributed by atoms with Crippen molar-refractivity contribution in [1.82, 2.24) is 0 Å². The number of nitrogens with two attached hydrogens (primary N) is 1. The molecule has 2 aromatic carbocycles. The summed E-state index contributed by atoms with van der Waals surface area (Å²) in [5, 5.41) is 0. The molecule has 0 fully saturated rings. The molecule has 0 saturated heterocycles. The van der Waals surface area contributed by atoms with E-state index in [1.54, 1.807) is 20.1 Å². The van der Waals surface area contributed by atoms with Gasteiger partial charge in [0.2, 0.25) is 0 Å². The molecule has 4 heteroatoms. The Kier molecular flexibility index (Phi) is 3.55. The van der Waals surface area contributed by atoms with Gasteiger partial charge in [0, 0.05) is 18.0 Å². The first kappa shape index (κ1) is 13.9. The third-order valence-electron chi connectivity index (χ3n) is 3.92. The van der Waals surface area contributed by atoms with Crippen LogP contribution in [-0.2, 0) is 0 Å². The molecule has 21 heavy (non-hydrogen) atoms. The predicted octanol–water partition coefficient (Wildman–Crippen LogP) is 3.67. The normalized spacial score (nSPS) is 20.6. The van der Waals surface area contributed by atoms with Gasteiger partial charge in [-0.1, -0.05) is 12.1 Å². The van der Waals surface area contributed by atoms with E-state index in [-0.39, 0.29) is 18.0 Å². The Bertz CT molecular complexity index is 672. The third kappa shape index (κ3) is 2.59. The summed E-state index contributed by atoms with van der Waals surface area (Å²) in [4.78, 5) is 0. The van der Waals surface area contributed by atoms with Crippen molar-refractivity contribution >= 4 is 0 Å². The molecule has 1 aliphatic rings. The fraction of sp³-hybridized carbons (Fsp3) is 0.294. The summed E-state index contributed by atoms with van der Waals surface area (Å²) in [5.74, 6) is 1.28. The molecule has 1 aliphatic heterocycles. The summed E-state index contributed by atoms with van der Waals surface area (Å²) in [5.41, 5.74) is 8.61. The van der Waals surface area contributed by atoms with E-state index < -0.39 is 0 Å². The van der Waals surface area contributed by atoms with Gasteiger partial charge in [0.05, 0.1) is 7.11 Å². The molecule has 110 valence electrons. The quantitative estimate of drug-likeness (QED) is 0.916. The first-order valence-electron chi connectivity index (χ1n) is 6.94. The van der Waals surface area contributed by atoms with Crippen molar-refractivity contribution in [1.29, 1.82) is 0 Å². The summed E-state index contributed by atoms with van der Waals surface area (Å²) in [6.07, 6.45) is 0.388. The lowest BCUT2D eigenvalue weighted by Crippen LogP contribution is -2.24. The number of rotatable bonds is 2. The lowest BCUT2D eigenvalue weighted by Gasteiger charge is -2.31.